The molecule has 4 aromatic rings. The predicted octanol–water partition coefficient (Wildman–Crippen LogP) is -0.806. The smallest absolute Gasteiger partial charge is 0.144 e. The van der Waals surface area contributed by atoms with Crippen LogP contribution >= 0.6 is 0 Å². The zero-order chi connectivity index (χ0) is 23.2. The van der Waals surface area contributed by atoms with Gasteiger partial charge in [0.1, 0.15) is 52.9 Å². The van der Waals surface area contributed by atoms with Gasteiger partial charge in [-0.1, -0.05) is 54.1 Å². The second-order valence-corrected chi connectivity index (χ2v) is 7.42. The number of hydrogen-bond donors (Lipinski definition) is 0. The molecule has 12 radical (unpaired) electrons. The zero-order valence-electron chi connectivity index (χ0n) is 17.6. The molecule has 0 saturated heterocycles. The van der Waals surface area contributed by atoms with Crippen LogP contribution in [-0.2, 0) is 0 Å². The lowest BCUT2D eigenvalue weighted by molar-refractivity contribution is 1.10. The highest BCUT2D eigenvalue weighted by Crippen LogP contribution is 2.31. The zero-order valence-corrected chi connectivity index (χ0v) is 17.6. The Morgan fingerprint density at radius 1 is 0.844 bits per heavy atom. The largest absolute Gasteiger partial charge is 0.292 e. The summed E-state index contributed by atoms with van der Waals surface area (Å²) in [7, 11) is 37.1. The molecule has 4 rings (SSSR count). The van der Waals surface area contributed by atoms with Crippen molar-refractivity contribution >= 4 is 91.0 Å². The van der Waals surface area contributed by atoms with Gasteiger partial charge in [0, 0.05) is 16.7 Å². The number of benzene rings is 3. The van der Waals surface area contributed by atoms with Gasteiger partial charge in [0.2, 0.25) is 0 Å². The third kappa shape index (κ3) is 3.37. The fraction of sp³-hybridized carbons (Fsp3) is 0.0417. The molecule has 0 bridgehead atoms. The molecular formula is C24H12B6N2. The highest BCUT2D eigenvalue weighted by atomic mass is 15.1. The Balaban J connectivity index is 2.19. The molecule has 0 N–H and O–H groups in total. The van der Waals surface area contributed by atoms with Gasteiger partial charge in [-0.3, -0.25) is 4.57 Å². The Labute approximate surface area is 196 Å². The van der Waals surface area contributed by atoms with Crippen LogP contribution in [-0.4, -0.2) is 56.6 Å². The molecule has 3 aromatic carbocycles. The van der Waals surface area contributed by atoms with Gasteiger partial charge in [-0.15, -0.1) is 28.3 Å². The molecule has 0 aliphatic heterocycles. The summed E-state index contributed by atoms with van der Waals surface area (Å²) in [5.74, 6) is 3.15. The standard InChI is InChI=1S/C24H12B6N2/c1-3-13(12(2)25)14-8-4-6-10-16(14)32-17-11-7-5-9-15(17)31-24(32)18-19(26)21(28)23(30)22(29)20(18)27/h1,4-11H,2H3/b13-12-. The molecule has 0 amide bonds. The Morgan fingerprint density at radius 3 is 2.03 bits per heavy atom. The average molecular weight is 393 g/mol. The minimum Gasteiger partial charge on any atom is -0.292 e. The van der Waals surface area contributed by atoms with Crippen LogP contribution in [0.2, 0.25) is 0 Å². The number of rotatable bonds is 3. The van der Waals surface area contributed by atoms with Crippen LogP contribution in [0.4, 0.5) is 0 Å². The van der Waals surface area contributed by atoms with Gasteiger partial charge in [-0.2, -0.15) is 0 Å². The molecule has 0 saturated carbocycles. The van der Waals surface area contributed by atoms with Gasteiger partial charge in [-0.25, -0.2) is 4.98 Å². The molecule has 0 fully saturated rings. The van der Waals surface area contributed by atoms with E-state index in [0.29, 0.717) is 22.4 Å². The van der Waals surface area contributed by atoms with Crippen molar-refractivity contribution in [1.29, 1.82) is 0 Å². The van der Waals surface area contributed by atoms with E-state index in [9.17, 15) is 0 Å². The van der Waals surface area contributed by atoms with Crippen LogP contribution in [0, 0.1) is 12.3 Å². The summed E-state index contributed by atoms with van der Waals surface area (Å²) in [6.45, 7) is 1.76. The van der Waals surface area contributed by atoms with E-state index in [4.69, 9.17) is 58.5 Å². The van der Waals surface area contributed by atoms with Crippen molar-refractivity contribution in [2.45, 2.75) is 6.92 Å². The number of nitrogens with zero attached hydrogens (tertiary/aromatic N) is 2. The molecular weight excluding hydrogens is 381 g/mol. The SMILES string of the molecule is [B]/C(C)=C(/C#C)c1ccccc1-n1c(-c2c([B])c([B])c([B])c([B])c2[B])nc2ccccc21. The van der Waals surface area contributed by atoms with Crippen LogP contribution in [0.1, 0.15) is 12.5 Å². The van der Waals surface area contributed by atoms with Gasteiger partial charge in [0.25, 0.3) is 0 Å². The van der Waals surface area contributed by atoms with E-state index in [-0.39, 0.29) is 27.3 Å². The van der Waals surface area contributed by atoms with Crippen LogP contribution < -0.4 is 27.3 Å². The summed E-state index contributed by atoms with van der Waals surface area (Å²) in [6.07, 6.45) is 5.79. The molecule has 0 aliphatic rings. The number of imidazole rings is 1. The van der Waals surface area contributed by atoms with E-state index in [2.05, 4.69) is 5.92 Å². The number of hydrogen-bond acceptors (Lipinski definition) is 1. The number of aromatic nitrogens is 2. The quantitative estimate of drug-likeness (QED) is 0.329. The lowest BCUT2D eigenvalue weighted by Gasteiger charge is -2.22. The fourth-order valence-electron chi connectivity index (χ4n) is 3.81. The lowest BCUT2D eigenvalue weighted by Crippen LogP contribution is -2.55. The monoisotopic (exact) mass is 394 g/mol. The number of terminal acetylenes is 1. The molecule has 1 aromatic heterocycles. The molecule has 136 valence electrons. The lowest BCUT2D eigenvalue weighted by atomic mass is 9.60. The molecule has 2 nitrogen and oxygen atoms in total. The summed E-state index contributed by atoms with van der Waals surface area (Å²) >= 11 is 0. The fourth-order valence-corrected chi connectivity index (χ4v) is 3.81. The van der Waals surface area contributed by atoms with Crippen molar-refractivity contribution in [3.63, 3.8) is 0 Å². The maximum atomic E-state index is 6.37. The van der Waals surface area contributed by atoms with Crippen molar-refractivity contribution < 1.29 is 0 Å². The molecule has 0 aliphatic carbocycles. The van der Waals surface area contributed by atoms with Gasteiger partial charge in [-0.05, 0) is 18.2 Å². The van der Waals surface area contributed by atoms with E-state index in [1.807, 2.05) is 53.1 Å². The third-order valence-corrected chi connectivity index (χ3v) is 5.44. The van der Waals surface area contributed by atoms with Gasteiger partial charge >= 0.3 is 0 Å². The highest BCUT2D eigenvalue weighted by Gasteiger charge is 2.21. The molecule has 8 heteroatoms. The number of allylic oxidation sites excluding steroid dienone is 2. The maximum Gasteiger partial charge on any atom is 0.144 e. The van der Waals surface area contributed by atoms with E-state index < -0.39 is 0 Å². The van der Waals surface area contributed by atoms with Crippen molar-refractivity contribution in [1.82, 2.24) is 9.55 Å². The summed E-state index contributed by atoms with van der Waals surface area (Å²) in [5.41, 5.74) is 5.38. The second kappa shape index (κ2) is 8.40. The first-order valence-corrected chi connectivity index (χ1v) is 9.79. The van der Waals surface area contributed by atoms with Gasteiger partial charge in [0.15, 0.2) is 0 Å². The Kier molecular flexibility index (Phi) is 5.78. The highest BCUT2D eigenvalue weighted by molar-refractivity contribution is 6.68. The first-order chi connectivity index (χ1) is 15.3. The van der Waals surface area contributed by atoms with Crippen LogP contribution in [0.25, 0.3) is 33.7 Å². The number of para-hydroxylation sites is 3. The van der Waals surface area contributed by atoms with Gasteiger partial charge in [0.05, 0.1) is 16.7 Å². The summed E-state index contributed by atoms with van der Waals surface area (Å²) in [6, 6.07) is 15.2. The van der Waals surface area contributed by atoms with Crippen molar-refractivity contribution in [2.75, 3.05) is 0 Å². The van der Waals surface area contributed by atoms with Crippen LogP contribution in [0.3, 0.4) is 0 Å². The first kappa shape index (κ1) is 22.0. The summed E-state index contributed by atoms with van der Waals surface area (Å²) < 4.78 is 1.92. The topological polar surface area (TPSA) is 17.8 Å². The van der Waals surface area contributed by atoms with E-state index in [1.165, 1.54) is 0 Å². The molecule has 32 heavy (non-hydrogen) atoms. The molecule has 0 spiro atoms. The maximum absolute atomic E-state index is 6.37. The second-order valence-electron chi connectivity index (χ2n) is 7.42. The van der Waals surface area contributed by atoms with E-state index in [1.54, 1.807) is 6.92 Å². The third-order valence-electron chi connectivity index (χ3n) is 5.44. The predicted molar refractivity (Wildman–Crippen MR) is 141 cm³/mol. The Bertz CT molecular complexity index is 1430. The first-order valence-electron chi connectivity index (χ1n) is 9.79. The minimum atomic E-state index is 0.142. The van der Waals surface area contributed by atoms with Crippen molar-refractivity contribution in [3.05, 3.63) is 59.6 Å². The Hall–Kier alpha value is -3.18. The molecule has 0 atom stereocenters. The normalized spacial score (nSPS) is 11.9. The Morgan fingerprint density at radius 2 is 1.41 bits per heavy atom. The average Bonchev–Trinajstić information content (AvgIpc) is 3.16. The van der Waals surface area contributed by atoms with Crippen LogP contribution in [0.15, 0.2) is 54.0 Å². The van der Waals surface area contributed by atoms with Gasteiger partial charge < -0.3 is 0 Å². The van der Waals surface area contributed by atoms with E-state index >= 15 is 0 Å². The minimum absolute atomic E-state index is 0.142. The van der Waals surface area contributed by atoms with Crippen molar-refractivity contribution in [3.8, 4) is 29.4 Å². The summed E-state index contributed by atoms with van der Waals surface area (Å²) in [4.78, 5) is 4.82. The van der Waals surface area contributed by atoms with Crippen LogP contribution in [0.5, 0.6) is 0 Å². The number of fused-ring (bicyclic) bond motifs is 1. The molecule has 0 unspecified atom stereocenters. The molecule has 1 heterocycles. The van der Waals surface area contributed by atoms with E-state index in [0.717, 1.165) is 22.3 Å². The summed E-state index contributed by atoms with van der Waals surface area (Å²) in [5, 5.41) is 0. The van der Waals surface area contributed by atoms with Crippen molar-refractivity contribution in [2.24, 2.45) is 0 Å².